The molecule has 0 aliphatic heterocycles. The highest BCUT2D eigenvalue weighted by molar-refractivity contribution is 9.10. The van der Waals surface area contributed by atoms with Gasteiger partial charge in [-0.05, 0) is 41.8 Å². The van der Waals surface area contributed by atoms with Crippen LogP contribution in [0.2, 0.25) is 0 Å². The van der Waals surface area contributed by atoms with E-state index in [1.807, 2.05) is 61.5 Å². The smallest absolute Gasteiger partial charge is 0.244 e. The second kappa shape index (κ2) is 15.6. The Bertz CT molecular complexity index is 1450. The molecule has 3 rings (SSSR count). The second-order valence-electron chi connectivity index (χ2n) is 9.81. The first-order chi connectivity index (χ1) is 20.1. The van der Waals surface area contributed by atoms with Crippen LogP contribution in [0.1, 0.15) is 30.9 Å². The molecule has 0 saturated carbocycles. The number of unbranched alkanes of at least 4 members (excludes halogenated alkanes) is 1. The molecule has 226 valence electrons. The maximum absolute atomic E-state index is 14.2. The molecule has 42 heavy (non-hydrogen) atoms. The molecule has 0 saturated heterocycles. The second-order valence-corrected chi connectivity index (χ2v) is 12.6. The Kier molecular flexibility index (Phi) is 12.2. The van der Waals surface area contributed by atoms with Crippen molar-refractivity contribution in [2.24, 2.45) is 0 Å². The fourth-order valence-corrected chi connectivity index (χ4v) is 5.77. The number of rotatable bonds is 15. The number of amides is 2. The van der Waals surface area contributed by atoms with E-state index in [0.717, 1.165) is 39.0 Å². The Balaban J connectivity index is 2.09. The molecule has 0 bridgehead atoms. The van der Waals surface area contributed by atoms with E-state index in [1.165, 1.54) is 25.2 Å². The van der Waals surface area contributed by atoms with Gasteiger partial charge in [0, 0.05) is 30.0 Å². The number of hydrogen-bond acceptors (Lipinski definition) is 6. The summed E-state index contributed by atoms with van der Waals surface area (Å²) in [5.74, 6) is -0.196. The van der Waals surface area contributed by atoms with Crippen molar-refractivity contribution in [3.05, 3.63) is 88.4 Å². The summed E-state index contributed by atoms with van der Waals surface area (Å²) < 4.78 is 38.8. The molecule has 3 aromatic carbocycles. The largest absolute Gasteiger partial charge is 0.497 e. The standard InChI is InChI=1S/C31H38BrN3O6S/c1-5-6-17-33-31(37)28(19-23-11-8-7-9-12-23)34(21-24-13-10-14-25(32)18-24)30(36)22-35(42(4,38)39)27-20-26(40-2)15-16-29(27)41-3/h7-16,18,20,28H,5-6,17,19,21-22H2,1-4H3,(H,33,37). The maximum Gasteiger partial charge on any atom is 0.244 e. The van der Waals surface area contributed by atoms with Crippen LogP contribution in [0.5, 0.6) is 11.5 Å². The van der Waals surface area contributed by atoms with Crippen molar-refractivity contribution in [2.45, 2.75) is 38.8 Å². The first-order valence-corrected chi connectivity index (χ1v) is 16.3. The Morgan fingerprint density at radius 2 is 1.67 bits per heavy atom. The predicted molar refractivity (Wildman–Crippen MR) is 168 cm³/mol. The van der Waals surface area contributed by atoms with Gasteiger partial charge in [0.05, 0.1) is 26.2 Å². The van der Waals surface area contributed by atoms with E-state index in [0.29, 0.717) is 12.3 Å². The summed E-state index contributed by atoms with van der Waals surface area (Å²) in [7, 11) is -1.08. The number of nitrogens with zero attached hydrogens (tertiary/aromatic N) is 2. The van der Waals surface area contributed by atoms with Gasteiger partial charge >= 0.3 is 0 Å². The number of ether oxygens (including phenoxy) is 2. The molecule has 0 spiro atoms. The Morgan fingerprint density at radius 1 is 0.952 bits per heavy atom. The van der Waals surface area contributed by atoms with Crippen LogP contribution in [0, 0.1) is 0 Å². The number of carbonyl (C=O) groups excluding carboxylic acids is 2. The molecule has 11 heteroatoms. The summed E-state index contributed by atoms with van der Waals surface area (Å²) in [5, 5.41) is 2.97. The van der Waals surface area contributed by atoms with Crippen molar-refractivity contribution >= 4 is 43.5 Å². The normalized spacial score (nSPS) is 11.8. The van der Waals surface area contributed by atoms with Crippen molar-refractivity contribution < 1.29 is 27.5 Å². The fraction of sp³-hybridized carbons (Fsp3) is 0.355. The summed E-state index contributed by atoms with van der Waals surface area (Å²) in [4.78, 5) is 29.4. The van der Waals surface area contributed by atoms with Crippen molar-refractivity contribution in [1.82, 2.24) is 10.2 Å². The molecule has 0 aliphatic rings. The lowest BCUT2D eigenvalue weighted by Gasteiger charge is -2.34. The summed E-state index contributed by atoms with van der Waals surface area (Å²) in [6.07, 6.45) is 2.97. The van der Waals surface area contributed by atoms with Gasteiger partial charge in [-0.2, -0.15) is 0 Å². The maximum atomic E-state index is 14.2. The lowest BCUT2D eigenvalue weighted by molar-refractivity contribution is -0.140. The van der Waals surface area contributed by atoms with E-state index in [4.69, 9.17) is 9.47 Å². The van der Waals surface area contributed by atoms with Crippen LogP contribution in [0.15, 0.2) is 77.3 Å². The Labute approximate surface area is 257 Å². The van der Waals surface area contributed by atoms with E-state index in [9.17, 15) is 18.0 Å². The van der Waals surface area contributed by atoms with E-state index in [-0.39, 0.29) is 30.3 Å². The van der Waals surface area contributed by atoms with Crippen LogP contribution in [-0.4, -0.2) is 64.7 Å². The molecule has 2 amide bonds. The molecule has 0 aliphatic carbocycles. The van der Waals surface area contributed by atoms with E-state index >= 15 is 0 Å². The van der Waals surface area contributed by atoms with Crippen LogP contribution in [0.3, 0.4) is 0 Å². The quantitative estimate of drug-likeness (QED) is 0.235. The highest BCUT2D eigenvalue weighted by Gasteiger charge is 2.33. The third-order valence-corrected chi connectivity index (χ3v) is 8.30. The van der Waals surface area contributed by atoms with Crippen molar-refractivity contribution in [2.75, 3.05) is 37.9 Å². The van der Waals surface area contributed by atoms with Gasteiger partial charge in [-0.25, -0.2) is 8.42 Å². The molecule has 1 unspecified atom stereocenters. The van der Waals surface area contributed by atoms with Crippen molar-refractivity contribution in [1.29, 1.82) is 0 Å². The summed E-state index contributed by atoms with van der Waals surface area (Å²) in [6, 6.07) is 20.7. The molecule has 0 fully saturated rings. The number of carbonyl (C=O) groups is 2. The predicted octanol–water partition coefficient (Wildman–Crippen LogP) is 4.79. The number of benzene rings is 3. The van der Waals surface area contributed by atoms with Crippen LogP contribution < -0.4 is 19.1 Å². The van der Waals surface area contributed by atoms with E-state index in [2.05, 4.69) is 21.2 Å². The average molecular weight is 661 g/mol. The number of anilines is 1. The third-order valence-electron chi connectivity index (χ3n) is 6.68. The SMILES string of the molecule is CCCCNC(=O)C(Cc1ccccc1)N(Cc1cccc(Br)c1)C(=O)CN(c1cc(OC)ccc1OC)S(C)(=O)=O. The molecule has 0 radical (unpaired) electrons. The summed E-state index contributed by atoms with van der Waals surface area (Å²) >= 11 is 3.48. The zero-order chi connectivity index (χ0) is 30.7. The molecule has 3 aromatic rings. The van der Waals surface area contributed by atoms with Crippen LogP contribution >= 0.6 is 15.9 Å². The average Bonchev–Trinajstić information content (AvgIpc) is 2.97. The first-order valence-electron chi connectivity index (χ1n) is 13.6. The van der Waals surface area contributed by atoms with Crippen LogP contribution in [0.4, 0.5) is 5.69 Å². The van der Waals surface area contributed by atoms with Gasteiger partial charge in [0.25, 0.3) is 0 Å². The first kappa shape index (κ1) is 32.9. The zero-order valence-electron chi connectivity index (χ0n) is 24.4. The van der Waals surface area contributed by atoms with Crippen LogP contribution in [0.25, 0.3) is 0 Å². The van der Waals surface area contributed by atoms with Gasteiger partial charge in [-0.15, -0.1) is 0 Å². The van der Waals surface area contributed by atoms with Gasteiger partial charge in [0.2, 0.25) is 21.8 Å². The number of sulfonamides is 1. The van der Waals surface area contributed by atoms with Crippen LogP contribution in [-0.2, 0) is 32.6 Å². The minimum Gasteiger partial charge on any atom is -0.497 e. The highest BCUT2D eigenvalue weighted by Crippen LogP contribution is 2.34. The number of methoxy groups -OCH3 is 2. The minimum atomic E-state index is -3.96. The molecule has 1 N–H and O–H groups in total. The Hall–Kier alpha value is -3.57. The molecule has 1 atom stereocenters. The van der Waals surface area contributed by atoms with Crippen molar-refractivity contribution in [3.63, 3.8) is 0 Å². The van der Waals surface area contributed by atoms with Crippen molar-refractivity contribution in [3.8, 4) is 11.5 Å². The van der Waals surface area contributed by atoms with E-state index in [1.54, 1.807) is 12.1 Å². The van der Waals surface area contributed by atoms with Gasteiger partial charge in [0.1, 0.15) is 24.1 Å². The monoisotopic (exact) mass is 659 g/mol. The zero-order valence-corrected chi connectivity index (χ0v) is 26.8. The summed E-state index contributed by atoms with van der Waals surface area (Å²) in [5.41, 5.74) is 1.80. The van der Waals surface area contributed by atoms with Gasteiger partial charge in [-0.3, -0.25) is 13.9 Å². The number of nitrogens with one attached hydrogen (secondary N) is 1. The highest BCUT2D eigenvalue weighted by atomic mass is 79.9. The minimum absolute atomic E-state index is 0.0871. The number of hydrogen-bond donors (Lipinski definition) is 1. The molecular weight excluding hydrogens is 622 g/mol. The topological polar surface area (TPSA) is 105 Å². The molecule has 0 aromatic heterocycles. The lowest BCUT2D eigenvalue weighted by atomic mass is 10.0. The molecular formula is C31H38BrN3O6S. The molecule has 0 heterocycles. The fourth-order valence-electron chi connectivity index (χ4n) is 4.48. The third kappa shape index (κ3) is 9.22. The Morgan fingerprint density at radius 3 is 2.29 bits per heavy atom. The van der Waals surface area contributed by atoms with Gasteiger partial charge in [0.15, 0.2) is 0 Å². The van der Waals surface area contributed by atoms with E-state index < -0.39 is 28.5 Å². The molecule has 9 nitrogen and oxygen atoms in total. The summed E-state index contributed by atoms with van der Waals surface area (Å²) in [6.45, 7) is 2.03. The van der Waals surface area contributed by atoms with Gasteiger partial charge < -0.3 is 19.7 Å². The number of halogens is 1. The van der Waals surface area contributed by atoms with Gasteiger partial charge in [-0.1, -0.05) is 71.7 Å². The lowest BCUT2D eigenvalue weighted by Crippen LogP contribution is -2.53.